The molecule has 2 aliphatic rings. The number of nitrogens with zero attached hydrogens (tertiary/aromatic N) is 2. The van der Waals surface area contributed by atoms with E-state index < -0.39 is 0 Å². The van der Waals surface area contributed by atoms with Crippen molar-refractivity contribution < 1.29 is 5.11 Å². The zero-order valence-corrected chi connectivity index (χ0v) is 14.1. The van der Waals surface area contributed by atoms with E-state index in [0.29, 0.717) is 11.3 Å². The van der Waals surface area contributed by atoms with Gasteiger partial charge in [-0.2, -0.15) is 5.26 Å². The Balaban J connectivity index is 0.00000121. The van der Waals surface area contributed by atoms with Crippen LogP contribution >= 0.6 is 24.8 Å². The van der Waals surface area contributed by atoms with Gasteiger partial charge in [0.2, 0.25) is 0 Å². The Morgan fingerprint density at radius 2 is 1.95 bits per heavy atom. The topological polar surface area (TPSA) is 59.3 Å². The van der Waals surface area contributed by atoms with Gasteiger partial charge in [0.25, 0.3) is 0 Å². The molecule has 3 rings (SSSR count). The number of nitriles is 1. The van der Waals surface area contributed by atoms with Gasteiger partial charge in [0.1, 0.15) is 5.75 Å². The van der Waals surface area contributed by atoms with Crippen LogP contribution in [-0.4, -0.2) is 36.2 Å². The van der Waals surface area contributed by atoms with E-state index in [9.17, 15) is 5.11 Å². The van der Waals surface area contributed by atoms with Gasteiger partial charge in [-0.1, -0.05) is 12.8 Å². The second-order valence-corrected chi connectivity index (χ2v) is 5.87. The molecule has 1 aromatic carbocycles. The number of nitrogens with one attached hydrogen (secondary N) is 1. The minimum Gasteiger partial charge on any atom is -0.508 e. The number of rotatable bonds is 4. The molecule has 0 radical (unpaired) electrons. The first-order valence-electron chi connectivity index (χ1n) is 7.45. The molecule has 2 fully saturated rings. The van der Waals surface area contributed by atoms with E-state index in [4.69, 9.17) is 5.26 Å². The highest BCUT2D eigenvalue weighted by Gasteiger charge is 2.31. The van der Waals surface area contributed by atoms with Crippen molar-refractivity contribution in [3.8, 4) is 11.8 Å². The molecular formula is C16H23Cl2N3O. The van der Waals surface area contributed by atoms with Crippen molar-refractivity contribution >= 4 is 24.8 Å². The third-order valence-electron chi connectivity index (χ3n) is 4.36. The van der Waals surface area contributed by atoms with E-state index >= 15 is 0 Å². The molecule has 0 bridgehead atoms. The Bertz CT molecular complexity index is 523. The van der Waals surface area contributed by atoms with Gasteiger partial charge < -0.3 is 10.4 Å². The minimum atomic E-state index is 0. The molecule has 0 spiro atoms. The Morgan fingerprint density at radius 1 is 1.27 bits per heavy atom. The van der Waals surface area contributed by atoms with Crippen LogP contribution in [0, 0.1) is 17.2 Å². The highest BCUT2D eigenvalue weighted by atomic mass is 35.5. The summed E-state index contributed by atoms with van der Waals surface area (Å²) in [5.41, 5.74) is 1.56. The molecule has 1 aromatic rings. The summed E-state index contributed by atoms with van der Waals surface area (Å²) in [6.45, 7) is 4.01. The van der Waals surface area contributed by atoms with E-state index in [-0.39, 0.29) is 30.9 Å². The second kappa shape index (κ2) is 8.59. The van der Waals surface area contributed by atoms with Crippen LogP contribution in [0.4, 0.5) is 0 Å². The molecule has 122 valence electrons. The highest BCUT2D eigenvalue weighted by Crippen LogP contribution is 2.42. The average molecular weight is 344 g/mol. The predicted octanol–water partition coefficient (Wildman–Crippen LogP) is 2.85. The third kappa shape index (κ3) is 4.50. The van der Waals surface area contributed by atoms with Crippen molar-refractivity contribution in [1.29, 1.82) is 5.26 Å². The van der Waals surface area contributed by atoms with Crippen LogP contribution in [0.25, 0.3) is 0 Å². The number of benzene rings is 1. The number of piperazine rings is 1. The maximum atomic E-state index is 10.2. The van der Waals surface area contributed by atoms with Gasteiger partial charge in [-0.3, -0.25) is 4.90 Å². The number of aromatic hydroxyl groups is 1. The number of halogens is 2. The maximum absolute atomic E-state index is 10.2. The van der Waals surface area contributed by atoms with Crippen molar-refractivity contribution in [3.05, 3.63) is 29.3 Å². The SMILES string of the molecule is Cl.Cl.N#Cc1ccc(O)c([C@H](CC2CC2)N2CCNCC2)c1. The Hall–Kier alpha value is -0.990. The zero-order valence-electron chi connectivity index (χ0n) is 12.5. The highest BCUT2D eigenvalue weighted by molar-refractivity contribution is 5.85. The summed E-state index contributed by atoms with van der Waals surface area (Å²) < 4.78 is 0. The van der Waals surface area contributed by atoms with Crippen molar-refractivity contribution in [2.45, 2.75) is 25.3 Å². The van der Waals surface area contributed by atoms with Gasteiger partial charge in [-0.05, 0) is 30.5 Å². The first-order chi connectivity index (χ1) is 9.78. The summed E-state index contributed by atoms with van der Waals surface area (Å²) >= 11 is 0. The van der Waals surface area contributed by atoms with Gasteiger partial charge in [0.15, 0.2) is 0 Å². The molecule has 0 amide bonds. The van der Waals surface area contributed by atoms with Crippen LogP contribution in [-0.2, 0) is 0 Å². The lowest BCUT2D eigenvalue weighted by Crippen LogP contribution is -2.45. The van der Waals surface area contributed by atoms with Crippen molar-refractivity contribution in [2.24, 2.45) is 5.92 Å². The first-order valence-corrected chi connectivity index (χ1v) is 7.45. The molecule has 1 saturated carbocycles. The molecule has 6 heteroatoms. The summed E-state index contributed by atoms with van der Waals surface area (Å²) in [6.07, 6.45) is 3.71. The fourth-order valence-corrected chi connectivity index (χ4v) is 3.03. The van der Waals surface area contributed by atoms with Gasteiger partial charge in [-0.25, -0.2) is 0 Å². The lowest BCUT2D eigenvalue weighted by atomic mass is 9.96. The fraction of sp³-hybridized carbons (Fsp3) is 0.562. The van der Waals surface area contributed by atoms with Gasteiger partial charge >= 0.3 is 0 Å². The molecule has 4 nitrogen and oxygen atoms in total. The molecule has 0 aromatic heterocycles. The quantitative estimate of drug-likeness (QED) is 0.882. The number of hydrogen-bond acceptors (Lipinski definition) is 4. The van der Waals surface area contributed by atoms with Gasteiger partial charge in [0.05, 0.1) is 11.6 Å². The fourth-order valence-electron chi connectivity index (χ4n) is 3.03. The normalized spacial score (nSPS) is 19.4. The van der Waals surface area contributed by atoms with Crippen LogP contribution in [0.1, 0.15) is 36.4 Å². The van der Waals surface area contributed by atoms with Crippen LogP contribution in [0.3, 0.4) is 0 Å². The van der Waals surface area contributed by atoms with Gasteiger partial charge in [0, 0.05) is 37.8 Å². The monoisotopic (exact) mass is 343 g/mol. The van der Waals surface area contributed by atoms with Crippen molar-refractivity contribution in [3.63, 3.8) is 0 Å². The summed E-state index contributed by atoms with van der Waals surface area (Å²) in [5.74, 6) is 1.12. The summed E-state index contributed by atoms with van der Waals surface area (Å²) in [5, 5.41) is 22.7. The van der Waals surface area contributed by atoms with Crippen LogP contribution in [0.15, 0.2) is 18.2 Å². The Kier molecular flexibility index (Phi) is 7.44. The molecule has 1 saturated heterocycles. The van der Waals surface area contributed by atoms with Crippen LogP contribution < -0.4 is 5.32 Å². The summed E-state index contributed by atoms with van der Waals surface area (Å²) in [6, 6.07) is 7.64. The number of phenolic OH excluding ortho intramolecular Hbond substituents is 1. The molecule has 1 aliphatic carbocycles. The second-order valence-electron chi connectivity index (χ2n) is 5.87. The van der Waals surface area contributed by atoms with E-state index in [1.165, 1.54) is 12.8 Å². The van der Waals surface area contributed by atoms with Crippen LogP contribution in [0.2, 0.25) is 0 Å². The largest absolute Gasteiger partial charge is 0.508 e. The molecular weight excluding hydrogens is 321 g/mol. The van der Waals surface area contributed by atoms with Crippen molar-refractivity contribution in [2.75, 3.05) is 26.2 Å². The lowest BCUT2D eigenvalue weighted by Gasteiger charge is -2.35. The molecule has 22 heavy (non-hydrogen) atoms. The van der Waals surface area contributed by atoms with Crippen molar-refractivity contribution in [1.82, 2.24) is 10.2 Å². The van der Waals surface area contributed by atoms with E-state index in [1.807, 2.05) is 6.07 Å². The van der Waals surface area contributed by atoms with E-state index in [2.05, 4.69) is 16.3 Å². The first kappa shape index (κ1) is 19.1. The molecule has 1 aliphatic heterocycles. The van der Waals surface area contributed by atoms with E-state index in [1.54, 1.807) is 12.1 Å². The Morgan fingerprint density at radius 3 is 2.55 bits per heavy atom. The van der Waals surface area contributed by atoms with Crippen LogP contribution in [0.5, 0.6) is 5.75 Å². The standard InChI is InChI=1S/C16H21N3O.2ClH/c17-11-13-3-4-16(20)14(9-13)15(10-12-1-2-12)19-7-5-18-6-8-19;;/h3-4,9,12,15,18,20H,1-2,5-8,10H2;2*1H/t15-;;/m0../s1. The van der Waals surface area contributed by atoms with Gasteiger partial charge in [-0.15, -0.1) is 24.8 Å². The molecule has 1 atom stereocenters. The third-order valence-corrected chi connectivity index (χ3v) is 4.36. The zero-order chi connectivity index (χ0) is 13.9. The molecule has 1 heterocycles. The summed E-state index contributed by atoms with van der Waals surface area (Å²) in [7, 11) is 0. The minimum absolute atomic E-state index is 0. The number of phenols is 1. The average Bonchev–Trinajstić information content (AvgIpc) is 3.31. The Labute approximate surface area is 144 Å². The predicted molar refractivity (Wildman–Crippen MR) is 91.8 cm³/mol. The molecule has 0 unspecified atom stereocenters. The smallest absolute Gasteiger partial charge is 0.120 e. The maximum Gasteiger partial charge on any atom is 0.120 e. The van der Waals surface area contributed by atoms with E-state index in [0.717, 1.165) is 44.1 Å². The molecule has 2 N–H and O–H groups in total. The summed E-state index contributed by atoms with van der Waals surface area (Å²) in [4.78, 5) is 2.45. The lowest BCUT2D eigenvalue weighted by molar-refractivity contribution is 0.158. The number of hydrogen-bond donors (Lipinski definition) is 2.